The second-order valence-electron chi connectivity index (χ2n) is 5.40. The van der Waals surface area contributed by atoms with Gasteiger partial charge in [0.15, 0.2) is 5.82 Å². The molecular formula is C18H18N4O4. The van der Waals surface area contributed by atoms with Crippen LogP contribution in [0, 0.1) is 6.92 Å². The number of benzene rings is 1. The second kappa shape index (κ2) is 7.56. The van der Waals surface area contributed by atoms with Crippen molar-refractivity contribution in [3.8, 4) is 11.5 Å². The molecule has 2 aromatic heterocycles. The number of anilines is 3. The molecule has 26 heavy (non-hydrogen) atoms. The lowest BCUT2D eigenvalue weighted by Gasteiger charge is -2.12. The number of nitrogens with zero attached hydrogens (tertiary/aromatic N) is 2. The number of carbonyl (C=O) groups is 1. The second-order valence-corrected chi connectivity index (χ2v) is 5.40. The summed E-state index contributed by atoms with van der Waals surface area (Å²) in [6, 6.07) is 10.4. The van der Waals surface area contributed by atoms with E-state index in [1.165, 1.54) is 0 Å². The number of pyridine rings is 1. The van der Waals surface area contributed by atoms with Crippen LogP contribution in [0.25, 0.3) is 0 Å². The molecule has 0 radical (unpaired) electrons. The number of amides is 1. The van der Waals surface area contributed by atoms with Gasteiger partial charge in [-0.25, -0.2) is 4.98 Å². The summed E-state index contributed by atoms with van der Waals surface area (Å²) in [5.74, 6) is 1.92. The molecule has 0 saturated carbocycles. The highest BCUT2D eigenvalue weighted by Gasteiger charge is 2.11. The molecule has 1 amide bonds. The fourth-order valence-corrected chi connectivity index (χ4v) is 2.27. The molecule has 134 valence electrons. The van der Waals surface area contributed by atoms with Crippen molar-refractivity contribution >= 4 is 23.1 Å². The highest BCUT2D eigenvalue weighted by Crippen LogP contribution is 2.31. The molecule has 0 aliphatic rings. The number of aromatic nitrogens is 2. The van der Waals surface area contributed by atoms with Crippen LogP contribution in [0.3, 0.4) is 0 Å². The predicted octanol–water partition coefficient (Wildman–Crippen LogP) is 3.39. The van der Waals surface area contributed by atoms with E-state index < -0.39 is 0 Å². The summed E-state index contributed by atoms with van der Waals surface area (Å²) in [6.45, 7) is 1.74. The van der Waals surface area contributed by atoms with Crippen molar-refractivity contribution in [1.29, 1.82) is 0 Å². The average molecular weight is 354 g/mol. The first kappa shape index (κ1) is 17.3. The molecule has 0 bridgehead atoms. The normalized spacial score (nSPS) is 10.3. The first-order chi connectivity index (χ1) is 12.6. The van der Waals surface area contributed by atoms with Crippen molar-refractivity contribution in [1.82, 2.24) is 10.1 Å². The summed E-state index contributed by atoms with van der Waals surface area (Å²) >= 11 is 0. The lowest BCUT2D eigenvalue weighted by Crippen LogP contribution is -2.13. The topological polar surface area (TPSA) is 98.5 Å². The third-order valence-electron chi connectivity index (χ3n) is 3.55. The van der Waals surface area contributed by atoms with Crippen molar-refractivity contribution in [2.24, 2.45) is 0 Å². The Balaban J connectivity index is 1.70. The molecule has 2 heterocycles. The largest absolute Gasteiger partial charge is 0.497 e. The third-order valence-corrected chi connectivity index (χ3v) is 3.55. The Labute approximate surface area is 150 Å². The van der Waals surface area contributed by atoms with Gasteiger partial charge in [-0.3, -0.25) is 4.79 Å². The van der Waals surface area contributed by atoms with E-state index in [0.29, 0.717) is 28.8 Å². The Kier molecular flexibility index (Phi) is 5.02. The fourth-order valence-electron chi connectivity index (χ4n) is 2.27. The number of hydrogen-bond acceptors (Lipinski definition) is 7. The first-order valence-electron chi connectivity index (χ1n) is 7.79. The van der Waals surface area contributed by atoms with E-state index in [2.05, 4.69) is 20.8 Å². The van der Waals surface area contributed by atoms with Gasteiger partial charge < -0.3 is 24.6 Å². The summed E-state index contributed by atoms with van der Waals surface area (Å²) in [5, 5.41) is 9.53. The van der Waals surface area contributed by atoms with Crippen molar-refractivity contribution in [3.63, 3.8) is 0 Å². The van der Waals surface area contributed by atoms with E-state index in [1.807, 2.05) is 12.1 Å². The smallest absolute Gasteiger partial charge is 0.275 e. The van der Waals surface area contributed by atoms with Gasteiger partial charge >= 0.3 is 0 Å². The number of methoxy groups -OCH3 is 2. The molecule has 0 spiro atoms. The van der Waals surface area contributed by atoms with Gasteiger partial charge in [-0.15, -0.1) is 0 Å². The van der Waals surface area contributed by atoms with Crippen LogP contribution in [0.2, 0.25) is 0 Å². The van der Waals surface area contributed by atoms with Crippen molar-refractivity contribution < 1.29 is 18.8 Å². The summed E-state index contributed by atoms with van der Waals surface area (Å²) in [7, 11) is 3.17. The Bertz CT molecular complexity index is 906. The zero-order chi connectivity index (χ0) is 18.5. The molecule has 0 aliphatic heterocycles. The summed E-state index contributed by atoms with van der Waals surface area (Å²) in [6.07, 6.45) is 1.56. The van der Waals surface area contributed by atoms with Gasteiger partial charge in [-0.1, -0.05) is 5.16 Å². The lowest BCUT2D eigenvalue weighted by molar-refractivity contribution is 0.102. The first-order valence-corrected chi connectivity index (χ1v) is 7.79. The molecule has 2 N–H and O–H groups in total. The molecular weight excluding hydrogens is 336 g/mol. The van der Waals surface area contributed by atoms with Crippen molar-refractivity contribution in [2.45, 2.75) is 6.92 Å². The van der Waals surface area contributed by atoms with E-state index in [4.69, 9.17) is 14.0 Å². The molecule has 0 unspecified atom stereocenters. The molecule has 0 aliphatic carbocycles. The minimum atomic E-state index is -0.369. The maximum absolute atomic E-state index is 12.2. The van der Waals surface area contributed by atoms with Crippen LogP contribution < -0.4 is 20.1 Å². The zero-order valence-corrected chi connectivity index (χ0v) is 14.6. The molecule has 1 aromatic carbocycles. The predicted molar refractivity (Wildman–Crippen MR) is 96.3 cm³/mol. The number of aryl methyl sites for hydroxylation is 1. The Hall–Kier alpha value is -3.55. The zero-order valence-electron chi connectivity index (χ0n) is 14.6. The summed E-state index contributed by atoms with van der Waals surface area (Å²) < 4.78 is 15.4. The lowest BCUT2D eigenvalue weighted by atomic mass is 10.2. The molecule has 8 nitrogen and oxygen atoms in total. The van der Waals surface area contributed by atoms with Gasteiger partial charge in [0.2, 0.25) is 0 Å². The summed E-state index contributed by atoms with van der Waals surface area (Å²) in [5.41, 5.74) is 1.73. The average Bonchev–Trinajstić information content (AvgIpc) is 3.07. The quantitative estimate of drug-likeness (QED) is 0.700. The molecule has 3 rings (SSSR count). The maximum Gasteiger partial charge on any atom is 0.275 e. The number of nitrogens with one attached hydrogen (secondary N) is 2. The van der Waals surface area contributed by atoms with Gasteiger partial charge in [0.25, 0.3) is 5.91 Å². The number of hydrogen-bond donors (Lipinski definition) is 2. The van der Waals surface area contributed by atoms with Crippen LogP contribution in [0.15, 0.2) is 47.1 Å². The number of rotatable bonds is 6. The molecule has 0 fully saturated rings. The van der Waals surface area contributed by atoms with E-state index in [1.54, 1.807) is 51.6 Å². The van der Waals surface area contributed by atoms with Gasteiger partial charge in [-0.2, -0.15) is 0 Å². The number of carbonyl (C=O) groups excluding carboxylic acids is 1. The van der Waals surface area contributed by atoms with Gasteiger partial charge in [0, 0.05) is 12.1 Å². The minimum absolute atomic E-state index is 0.262. The van der Waals surface area contributed by atoms with Gasteiger partial charge in [-0.05, 0) is 31.2 Å². The molecule has 0 saturated heterocycles. The third kappa shape index (κ3) is 3.92. The van der Waals surface area contributed by atoms with E-state index in [0.717, 1.165) is 5.69 Å². The monoisotopic (exact) mass is 354 g/mol. The van der Waals surface area contributed by atoms with Crippen LogP contribution in [0.1, 0.15) is 16.2 Å². The fraction of sp³-hybridized carbons (Fsp3) is 0.167. The van der Waals surface area contributed by atoms with Gasteiger partial charge in [0.1, 0.15) is 23.0 Å². The van der Waals surface area contributed by atoms with Crippen LogP contribution >= 0.6 is 0 Å². The summed E-state index contributed by atoms with van der Waals surface area (Å²) in [4.78, 5) is 16.3. The van der Waals surface area contributed by atoms with Crippen LogP contribution in [-0.2, 0) is 0 Å². The Morgan fingerprint density at radius 2 is 1.96 bits per heavy atom. The SMILES string of the molecule is COc1ccc(Nc2ccc(C(=O)Nc3cc(C)on3)nc2)c(OC)c1. The van der Waals surface area contributed by atoms with Crippen LogP contribution in [0.4, 0.5) is 17.2 Å². The standard InChI is InChI=1S/C18H18N4O4/c1-11-8-17(22-26-11)21-18(23)15-6-4-12(10-19-15)20-14-7-5-13(24-2)9-16(14)25-3/h4-10,20H,1-3H3,(H,21,22,23). The molecule has 3 aromatic rings. The minimum Gasteiger partial charge on any atom is -0.497 e. The molecule has 8 heteroatoms. The van der Waals surface area contributed by atoms with Crippen molar-refractivity contribution in [3.05, 3.63) is 54.0 Å². The highest BCUT2D eigenvalue weighted by atomic mass is 16.5. The van der Waals surface area contributed by atoms with Gasteiger partial charge in [0.05, 0.1) is 31.8 Å². The highest BCUT2D eigenvalue weighted by molar-refractivity contribution is 6.02. The molecule has 0 atom stereocenters. The Morgan fingerprint density at radius 1 is 1.12 bits per heavy atom. The van der Waals surface area contributed by atoms with Crippen LogP contribution in [-0.4, -0.2) is 30.3 Å². The van der Waals surface area contributed by atoms with Crippen LogP contribution in [0.5, 0.6) is 11.5 Å². The van der Waals surface area contributed by atoms with E-state index in [-0.39, 0.29) is 11.6 Å². The van der Waals surface area contributed by atoms with E-state index in [9.17, 15) is 4.79 Å². The van der Waals surface area contributed by atoms with Crippen molar-refractivity contribution in [2.75, 3.05) is 24.9 Å². The maximum atomic E-state index is 12.2. The number of ether oxygens (including phenoxy) is 2. The Morgan fingerprint density at radius 3 is 2.58 bits per heavy atom. The van der Waals surface area contributed by atoms with E-state index >= 15 is 0 Å².